The minimum atomic E-state index is -0.756. The first-order chi connectivity index (χ1) is 4.18. The molecule has 0 aromatic heterocycles. The van der Waals surface area contributed by atoms with Gasteiger partial charge in [0.2, 0.25) is 0 Å². The summed E-state index contributed by atoms with van der Waals surface area (Å²) in [5.74, 6) is 0. The predicted molar refractivity (Wildman–Crippen MR) is 34.0 cm³/mol. The summed E-state index contributed by atoms with van der Waals surface area (Å²) in [6.07, 6.45) is 0.543. The van der Waals surface area contributed by atoms with Gasteiger partial charge in [0, 0.05) is 18.9 Å². The first kappa shape index (κ1) is 7.87. The van der Waals surface area contributed by atoms with E-state index in [-0.39, 0.29) is 0 Å². The molecule has 5 nitrogen and oxygen atoms in total. The van der Waals surface area contributed by atoms with Crippen molar-refractivity contribution in [1.29, 1.82) is 0 Å². The molecule has 9 heavy (non-hydrogen) atoms. The first-order valence-electron chi connectivity index (χ1n) is 2.48. The molecule has 0 rings (SSSR count). The summed E-state index contributed by atoms with van der Waals surface area (Å²) in [5, 5.41) is 12.3. The Balaban J connectivity index is 3.50. The van der Waals surface area contributed by atoms with E-state index in [2.05, 4.69) is 10.3 Å². The third-order valence-electron chi connectivity index (χ3n) is 0.761. The van der Waals surface area contributed by atoms with E-state index in [1.807, 2.05) is 0 Å². The Kier molecular flexibility index (Phi) is 3.34. The Morgan fingerprint density at radius 1 is 1.89 bits per heavy atom. The van der Waals surface area contributed by atoms with Gasteiger partial charge in [0.1, 0.15) is 0 Å². The number of hydrogen-bond acceptors (Lipinski definition) is 3. The van der Waals surface area contributed by atoms with Crippen LogP contribution in [0.4, 0.5) is 0 Å². The summed E-state index contributed by atoms with van der Waals surface area (Å²) < 4.78 is 0. The van der Waals surface area contributed by atoms with Crippen LogP contribution in [0.1, 0.15) is 6.92 Å². The third kappa shape index (κ3) is 3.45. The number of nitrogens with zero attached hydrogens (tertiary/aromatic N) is 2. The van der Waals surface area contributed by atoms with Crippen LogP contribution >= 0.6 is 0 Å². The molecule has 0 bridgehead atoms. The summed E-state index contributed by atoms with van der Waals surface area (Å²) in [5.41, 5.74) is 0. The number of rotatable bonds is 3. The van der Waals surface area contributed by atoms with Crippen LogP contribution in [0.15, 0.2) is 4.99 Å². The molecule has 0 aliphatic carbocycles. The van der Waals surface area contributed by atoms with Gasteiger partial charge in [-0.2, -0.15) is 0 Å². The van der Waals surface area contributed by atoms with E-state index in [0.717, 1.165) is 0 Å². The molecule has 0 heterocycles. The molecular weight excluding hydrogens is 122 g/mol. The Morgan fingerprint density at radius 3 is 2.78 bits per heavy atom. The fourth-order valence-corrected chi connectivity index (χ4v) is 0.243. The van der Waals surface area contributed by atoms with Crippen LogP contribution in [0.2, 0.25) is 0 Å². The molecule has 52 valence electrons. The molecule has 0 saturated heterocycles. The molecule has 0 amide bonds. The Labute approximate surface area is 52.9 Å². The van der Waals surface area contributed by atoms with E-state index >= 15 is 0 Å². The smallest absolute Gasteiger partial charge is 0.282 e. The molecule has 0 aromatic rings. The van der Waals surface area contributed by atoms with Crippen LogP contribution in [0.3, 0.4) is 0 Å². The zero-order valence-electron chi connectivity index (χ0n) is 5.37. The largest absolute Gasteiger partial charge is 0.315 e. The predicted octanol–water partition coefficient (Wildman–Crippen LogP) is -0.143. The van der Waals surface area contributed by atoms with Crippen molar-refractivity contribution in [2.75, 3.05) is 7.05 Å². The van der Waals surface area contributed by atoms with E-state index < -0.39 is 11.1 Å². The summed E-state index contributed by atoms with van der Waals surface area (Å²) in [6, 6.07) is 0. The molecule has 0 saturated carbocycles. The summed E-state index contributed by atoms with van der Waals surface area (Å²) >= 11 is 0. The van der Waals surface area contributed by atoms with Gasteiger partial charge in [-0.25, -0.2) is 0 Å². The normalized spacial score (nSPS) is 13.6. The van der Waals surface area contributed by atoms with E-state index in [1.54, 1.807) is 7.05 Å². The number of nitro groups is 1. The number of nitrogens with one attached hydrogen (secondary N) is 1. The van der Waals surface area contributed by atoms with Gasteiger partial charge in [0.15, 0.2) is 0 Å². The average Bonchev–Trinajstić information content (AvgIpc) is 1.82. The van der Waals surface area contributed by atoms with Crippen molar-refractivity contribution in [2.24, 2.45) is 4.99 Å². The maximum absolute atomic E-state index is 9.89. The lowest BCUT2D eigenvalue weighted by Gasteiger charge is -1.99. The Morgan fingerprint density at radius 2 is 2.44 bits per heavy atom. The second-order valence-electron chi connectivity index (χ2n) is 1.52. The molecule has 1 atom stereocenters. The highest BCUT2D eigenvalue weighted by Gasteiger charge is 2.06. The fraction of sp³-hybridized carbons (Fsp3) is 0.750. The average molecular weight is 131 g/mol. The van der Waals surface area contributed by atoms with Gasteiger partial charge in [-0.1, -0.05) is 0 Å². The van der Waals surface area contributed by atoms with Crippen molar-refractivity contribution in [3.63, 3.8) is 0 Å². The van der Waals surface area contributed by atoms with Crippen LogP contribution in [0.25, 0.3) is 0 Å². The van der Waals surface area contributed by atoms with Crippen LogP contribution in [0.5, 0.6) is 0 Å². The summed E-state index contributed by atoms with van der Waals surface area (Å²) in [7, 11) is 1.54. The van der Waals surface area contributed by atoms with Gasteiger partial charge in [-0.05, 0) is 0 Å². The van der Waals surface area contributed by atoms with Crippen molar-refractivity contribution in [1.82, 2.24) is 5.32 Å². The van der Waals surface area contributed by atoms with E-state index in [9.17, 15) is 10.1 Å². The zero-order chi connectivity index (χ0) is 7.28. The molecule has 0 aliphatic heterocycles. The highest BCUT2D eigenvalue weighted by Crippen LogP contribution is 1.77. The second kappa shape index (κ2) is 3.82. The lowest BCUT2D eigenvalue weighted by atomic mass is 10.6. The third-order valence-corrected chi connectivity index (χ3v) is 0.761. The van der Waals surface area contributed by atoms with Crippen molar-refractivity contribution in [3.8, 4) is 0 Å². The zero-order valence-corrected chi connectivity index (χ0v) is 5.37. The van der Waals surface area contributed by atoms with Gasteiger partial charge < -0.3 is 5.32 Å². The van der Waals surface area contributed by atoms with E-state index in [1.165, 1.54) is 13.3 Å². The SMILES string of the molecule is C/N=C\NC(C)[N+](=O)[O-]. The highest BCUT2D eigenvalue weighted by atomic mass is 16.6. The lowest BCUT2D eigenvalue weighted by Crippen LogP contribution is -2.31. The van der Waals surface area contributed by atoms with Gasteiger partial charge >= 0.3 is 0 Å². The molecule has 0 aromatic carbocycles. The minimum absolute atomic E-state index is 0.429. The number of hydrogen-bond donors (Lipinski definition) is 1. The van der Waals surface area contributed by atoms with Crippen LogP contribution in [-0.2, 0) is 0 Å². The molecule has 5 heteroatoms. The molecular formula is C4H9N3O2. The molecule has 0 aliphatic rings. The molecule has 0 spiro atoms. The maximum Gasteiger partial charge on any atom is 0.282 e. The lowest BCUT2D eigenvalue weighted by molar-refractivity contribution is -0.521. The molecule has 1 N–H and O–H groups in total. The second-order valence-corrected chi connectivity index (χ2v) is 1.52. The van der Waals surface area contributed by atoms with E-state index in [4.69, 9.17) is 0 Å². The van der Waals surface area contributed by atoms with Crippen LogP contribution in [0, 0.1) is 10.1 Å². The van der Waals surface area contributed by atoms with E-state index in [0.29, 0.717) is 0 Å². The quantitative estimate of drug-likeness (QED) is 0.190. The molecule has 0 radical (unpaired) electrons. The Bertz CT molecular complexity index is 123. The van der Waals surface area contributed by atoms with Gasteiger partial charge in [-0.15, -0.1) is 0 Å². The monoisotopic (exact) mass is 131 g/mol. The highest BCUT2D eigenvalue weighted by molar-refractivity contribution is 5.53. The van der Waals surface area contributed by atoms with Crippen molar-refractivity contribution in [3.05, 3.63) is 10.1 Å². The standard InChI is InChI=1S/C4H9N3O2/c1-4(7(8)9)6-3-5-2/h3-4H,1-2H3,(H,5,6). The fourth-order valence-electron chi connectivity index (χ4n) is 0.243. The first-order valence-corrected chi connectivity index (χ1v) is 2.48. The van der Waals surface area contributed by atoms with Crippen molar-refractivity contribution in [2.45, 2.75) is 13.1 Å². The van der Waals surface area contributed by atoms with Gasteiger partial charge in [0.05, 0.1) is 6.34 Å². The van der Waals surface area contributed by atoms with Crippen LogP contribution in [-0.4, -0.2) is 24.5 Å². The van der Waals surface area contributed by atoms with Gasteiger partial charge in [0.25, 0.3) is 6.17 Å². The van der Waals surface area contributed by atoms with Gasteiger partial charge in [-0.3, -0.25) is 15.1 Å². The topological polar surface area (TPSA) is 67.5 Å². The number of aliphatic imine (C=N–C) groups is 1. The maximum atomic E-state index is 9.89. The minimum Gasteiger partial charge on any atom is -0.315 e. The Hall–Kier alpha value is -1.13. The summed E-state index contributed by atoms with van der Waals surface area (Å²) in [4.78, 5) is 13.0. The van der Waals surface area contributed by atoms with Crippen molar-refractivity contribution < 1.29 is 4.92 Å². The molecule has 0 fully saturated rings. The molecule has 1 unspecified atom stereocenters. The summed E-state index contributed by atoms with van der Waals surface area (Å²) in [6.45, 7) is 1.45. The van der Waals surface area contributed by atoms with Crippen molar-refractivity contribution >= 4 is 6.34 Å². The van der Waals surface area contributed by atoms with Crippen LogP contribution < -0.4 is 5.32 Å².